The summed E-state index contributed by atoms with van der Waals surface area (Å²) >= 11 is 0. The Bertz CT molecular complexity index is 693. The van der Waals surface area contributed by atoms with Crippen molar-refractivity contribution < 1.29 is 38.4 Å². The summed E-state index contributed by atoms with van der Waals surface area (Å²) in [5.41, 5.74) is 1.61. The van der Waals surface area contributed by atoms with Crippen LogP contribution >= 0.6 is 0 Å². The van der Waals surface area contributed by atoms with Crippen LogP contribution in [0.15, 0.2) is 12.1 Å². The van der Waals surface area contributed by atoms with Crippen LogP contribution < -0.4 is 0 Å². The Kier molecular flexibility index (Phi) is 6.61. The third-order valence-corrected chi connectivity index (χ3v) is 4.31. The van der Waals surface area contributed by atoms with Gasteiger partial charge in [0, 0.05) is 32.2 Å². The van der Waals surface area contributed by atoms with Crippen LogP contribution in [0.25, 0.3) is 0 Å². The third kappa shape index (κ3) is 4.86. The van der Waals surface area contributed by atoms with Crippen molar-refractivity contribution in [2.75, 3.05) is 6.61 Å². The molecule has 0 spiro atoms. The molecule has 5 atom stereocenters. The number of carbonyl (C=O) groups excluding carboxylic acids is 3. The first-order chi connectivity index (χ1) is 12.6. The number of rotatable bonds is 5. The van der Waals surface area contributed by atoms with E-state index in [1.54, 1.807) is 4.57 Å². The van der Waals surface area contributed by atoms with Crippen molar-refractivity contribution in [3.05, 3.63) is 23.5 Å². The van der Waals surface area contributed by atoms with Gasteiger partial charge in [0.15, 0.2) is 18.5 Å². The lowest BCUT2D eigenvalue weighted by molar-refractivity contribution is -0.273. The lowest BCUT2D eigenvalue weighted by Gasteiger charge is -2.44. The van der Waals surface area contributed by atoms with Crippen molar-refractivity contribution in [3.8, 4) is 0 Å². The van der Waals surface area contributed by atoms with Crippen LogP contribution in [0.2, 0.25) is 0 Å². The number of aromatic nitrogens is 1. The molecule has 1 aromatic rings. The summed E-state index contributed by atoms with van der Waals surface area (Å²) in [6, 6.07) is 2.85. The molecule has 0 aromatic carbocycles. The summed E-state index contributed by atoms with van der Waals surface area (Å²) in [6.07, 6.45) is -4.49. The number of carbonyl (C=O) groups is 3. The number of esters is 3. The second-order valence-electron chi connectivity index (χ2n) is 6.49. The molecule has 1 N–H and O–H groups in total. The highest BCUT2D eigenvalue weighted by Crippen LogP contribution is 2.35. The maximum atomic E-state index is 11.7. The SMILES string of the molecule is CC(=O)OC[C@H]1OC(O)[C@H](n2c(C)ccc2C)[C@@H](OC(C)=O)[C@@H]1OC(C)=O. The maximum absolute atomic E-state index is 11.7. The molecule has 27 heavy (non-hydrogen) atoms. The van der Waals surface area contributed by atoms with Crippen LogP contribution in [-0.2, 0) is 33.3 Å². The molecular formula is C18H25NO8. The van der Waals surface area contributed by atoms with Gasteiger partial charge in [-0.2, -0.15) is 0 Å². The molecule has 150 valence electrons. The van der Waals surface area contributed by atoms with E-state index in [0.29, 0.717) is 0 Å². The standard InChI is InChI=1S/C18H25NO8/c1-9-6-7-10(2)19(9)15-17(26-13(5)22)16(25-12(4)21)14(27-18(15)23)8-24-11(3)20/h6-7,14-18,23H,8H2,1-5H3/t14-,15-,16-,17-,18?/m1/s1. The third-order valence-electron chi connectivity index (χ3n) is 4.31. The summed E-state index contributed by atoms with van der Waals surface area (Å²) < 4.78 is 23.1. The second kappa shape index (κ2) is 8.53. The fourth-order valence-electron chi connectivity index (χ4n) is 3.33. The summed E-state index contributed by atoms with van der Waals surface area (Å²) in [7, 11) is 0. The summed E-state index contributed by atoms with van der Waals surface area (Å²) in [5.74, 6) is -1.78. The van der Waals surface area contributed by atoms with Crippen LogP contribution in [0.3, 0.4) is 0 Å². The number of aliphatic hydroxyl groups is 1. The molecule has 9 heteroatoms. The van der Waals surface area contributed by atoms with E-state index in [0.717, 1.165) is 11.4 Å². The topological polar surface area (TPSA) is 113 Å². The number of aryl methyl sites for hydroxylation is 2. The molecule has 0 saturated carbocycles. The average Bonchev–Trinajstić information content (AvgIpc) is 2.87. The Balaban J connectivity index is 2.46. The summed E-state index contributed by atoms with van der Waals surface area (Å²) in [6.45, 7) is 7.05. The highest BCUT2D eigenvalue weighted by molar-refractivity contribution is 5.68. The second-order valence-corrected chi connectivity index (χ2v) is 6.49. The molecule has 0 amide bonds. The largest absolute Gasteiger partial charge is 0.463 e. The Morgan fingerprint density at radius 2 is 1.52 bits per heavy atom. The van der Waals surface area contributed by atoms with Crippen LogP contribution in [-0.4, -0.2) is 58.8 Å². The number of nitrogens with zero attached hydrogens (tertiary/aromatic N) is 1. The molecule has 1 saturated heterocycles. The minimum Gasteiger partial charge on any atom is -0.463 e. The lowest BCUT2D eigenvalue weighted by atomic mass is 9.95. The first kappa shape index (κ1) is 20.9. The van der Waals surface area contributed by atoms with Crippen LogP contribution in [0.5, 0.6) is 0 Å². The molecule has 1 unspecified atom stereocenters. The molecule has 0 bridgehead atoms. The van der Waals surface area contributed by atoms with Gasteiger partial charge in [0.05, 0.1) is 0 Å². The molecule has 1 aliphatic heterocycles. The van der Waals surface area contributed by atoms with Crippen molar-refractivity contribution in [2.45, 2.75) is 65.3 Å². The van der Waals surface area contributed by atoms with Crippen LogP contribution in [0.1, 0.15) is 38.2 Å². The fraction of sp³-hybridized carbons (Fsp3) is 0.611. The Morgan fingerprint density at radius 3 is 2.00 bits per heavy atom. The van der Waals surface area contributed by atoms with Gasteiger partial charge in [0.2, 0.25) is 0 Å². The normalized spacial score (nSPS) is 27.7. The molecule has 9 nitrogen and oxygen atoms in total. The van der Waals surface area contributed by atoms with Crippen LogP contribution in [0, 0.1) is 13.8 Å². The molecule has 1 aliphatic rings. The molecule has 1 aromatic heterocycles. The zero-order chi connectivity index (χ0) is 20.3. The van der Waals surface area contributed by atoms with E-state index >= 15 is 0 Å². The highest BCUT2D eigenvalue weighted by atomic mass is 16.7. The zero-order valence-corrected chi connectivity index (χ0v) is 16.0. The lowest BCUT2D eigenvalue weighted by Crippen LogP contribution is -2.59. The predicted octanol–water partition coefficient (Wildman–Crippen LogP) is 0.790. The Hall–Kier alpha value is -2.39. The zero-order valence-electron chi connectivity index (χ0n) is 16.0. The van der Waals surface area contributed by atoms with Gasteiger partial charge in [-0.1, -0.05) is 0 Å². The average molecular weight is 383 g/mol. The minimum atomic E-state index is -1.38. The number of ether oxygens (including phenoxy) is 4. The minimum absolute atomic E-state index is 0.265. The van der Waals surface area contributed by atoms with Gasteiger partial charge in [0.1, 0.15) is 18.8 Å². The molecule has 1 fully saturated rings. The quantitative estimate of drug-likeness (QED) is 0.586. The Labute approximate surface area is 157 Å². The number of hydrogen-bond acceptors (Lipinski definition) is 8. The molecule has 2 rings (SSSR count). The van der Waals surface area contributed by atoms with Crippen molar-refractivity contribution in [1.82, 2.24) is 4.57 Å². The monoisotopic (exact) mass is 383 g/mol. The molecule has 2 heterocycles. The van der Waals surface area contributed by atoms with Gasteiger partial charge in [-0.05, 0) is 26.0 Å². The smallest absolute Gasteiger partial charge is 0.303 e. The van der Waals surface area contributed by atoms with E-state index in [1.807, 2.05) is 26.0 Å². The van der Waals surface area contributed by atoms with Gasteiger partial charge in [-0.25, -0.2) is 0 Å². The van der Waals surface area contributed by atoms with Crippen molar-refractivity contribution in [1.29, 1.82) is 0 Å². The Morgan fingerprint density at radius 1 is 1.00 bits per heavy atom. The van der Waals surface area contributed by atoms with E-state index in [4.69, 9.17) is 18.9 Å². The predicted molar refractivity (Wildman–Crippen MR) is 91.6 cm³/mol. The summed E-state index contributed by atoms with van der Waals surface area (Å²) in [4.78, 5) is 34.5. The highest BCUT2D eigenvalue weighted by Gasteiger charge is 2.51. The van der Waals surface area contributed by atoms with E-state index < -0.39 is 48.6 Å². The van der Waals surface area contributed by atoms with E-state index in [-0.39, 0.29) is 6.61 Å². The maximum Gasteiger partial charge on any atom is 0.303 e. The number of hydrogen-bond donors (Lipinski definition) is 1. The molecular weight excluding hydrogens is 358 g/mol. The van der Waals surface area contributed by atoms with Crippen molar-refractivity contribution in [2.24, 2.45) is 0 Å². The van der Waals surface area contributed by atoms with E-state index in [9.17, 15) is 19.5 Å². The van der Waals surface area contributed by atoms with Crippen molar-refractivity contribution >= 4 is 17.9 Å². The van der Waals surface area contributed by atoms with E-state index in [2.05, 4.69) is 0 Å². The van der Waals surface area contributed by atoms with E-state index in [1.165, 1.54) is 20.8 Å². The molecule has 0 aliphatic carbocycles. The first-order valence-electron chi connectivity index (χ1n) is 8.57. The van der Waals surface area contributed by atoms with Gasteiger partial charge < -0.3 is 28.6 Å². The van der Waals surface area contributed by atoms with Gasteiger partial charge in [-0.3, -0.25) is 14.4 Å². The van der Waals surface area contributed by atoms with Crippen molar-refractivity contribution in [3.63, 3.8) is 0 Å². The van der Waals surface area contributed by atoms with Crippen LogP contribution in [0.4, 0.5) is 0 Å². The van der Waals surface area contributed by atoms with Gasteiger partial charge in [0.25, 0.3) is 0 Å². The van der Waals surface area contributed by atoms with Gasteiger partial charge >= 0.3 is 17.9 Å². The number of aliphatic hydroxyl groups excluding tert-OH is 1. The summed E-state index contributed by atoms with van der Waals surface area (Å²) in [5, 5.41) is 10.6. The molecule has 0 radical (unpaired) electrons. The first-order valence-corrected chi connectivity index (χ1v) is 8.57. The van der Waals surface area contributed by atoms with Gasteiger partial charge in [-0.15, -0.1) is 0 Å². The fourth-order valence-corrected chi connectivity index (χ4v) is 3.33.